The molecule has 0 saturated carbocycles. The molecule has 0 spiro atoms. The minimum atomic E-state index is -1.03. The van der Waals surface area contributed by atoms with E-state index in [1.54, 1.807) is 7.11 Å². The number of carboxylic acids is 1. The van der Waals surface area contributed by atoms with Gasteiger partial charge in [-0.1, -0.05) is 0 Å². The van der Waals surface area contributed by atoms with Crippen molar-refractivity contribution < 1.29 is 19.4 Å². The van der Waals surface area contributed by atoms with E-state index in [-0.39, 0.29) is 11.1 Å². The Hall–Kier alpha value is -1.66. The first kappa shape index (κ1) is 15.4. The molecule has 0 atom stereocenters. The average Bonchev–Trinajstić information content (AvgIpc) is 2.39. The summed E-state index contributed by atoms with van der Waals surface area (Å²) in [5.41, 5.74) is -0.0683. The van der Waals surface area contributed by atoms with Gasteiger partial charge in [-0.15, -0.1) is 0 Å². The first-order chi connectivity index (χ1) is 9.15. The lowest BCUT2D eigenvalue weighted by Gasteiger charge is -2.07. The van der Waals surface area contributed by atoms with Crippen LogP contribution in [0.4, 0.5) is 0 Å². The number of unbranched alkanes of at least 4 members (excludes halogenated alkanes) is 1. The molecule has 1 rings (SSSR count). The second kappa shape index (κ2) is 8.44. The van der Waals surface area contributed by atoms with Crippen LogP contribution in [0.15, 0.2) is 23.1 Å². The number of ether oxygens (including phenoxy) is 2. The highest BCUT2D eigenvalue weighted by molar-refractivity contribution is 5.87. The van der Waals surface area contributed by atoms with Gasteiger partial charge in [-0.25, -0.2) is 4.79 Å². The minimum absolute atomic E-state index is 0.121. The maximum Gasteiger partial charge on any atom is 0.337 e. The summed E-state index contributed by atoms with van der Waals surface area (Å²) in [5, 5.41) is 8.85. The van der Waals surface area contributed by atoms with Crippen LogP contribution in [-0.2, 0) is 16.0 Å². The van der Waals surface area contributed by atoms with Crippen LogP contribution in [0.2, 0.25) is 0 Å². The van der Waals surface area contributed by atoms with Crippen LogP contribution in [0, 0.1) is 0 Å². The Bertz CT molecular complexity index is 455. The largest absolute Gasteiger partial charge is 0.478 e. The van der Waals surface area contributed by atoms with E-state index in [4.69, 9.17) is 14.6 Å². The summed E-state index contributed by atoms with van der Waals surface area (Å²) in [6.45, 7) is 2.23. The van der Waals surface area contributed by atoms with Gasteiger partial charge in [0.1, 0.15) is 0 Å². The van der Waals surface area contributed by atoms with Gasteiger partial charge in [0, 0.05) is 32.5 Å². The van der Waals surface area contributed by atoms with Crippen LogP contribution in [0.5, 0.6) is 0 Å². The first-order valence-corrected chi connectivity index (χ1v) is 6.15. The number of nitrogens with zero attached hydrogens (tertiary/aromatic N) is 1. The summed E-state index contributed by atoms with van der Waals surface area (Å²) in [4.78, 5) is 22.3. The van der Waals surface area contributed by atoms with Gasteiger partial charge in [0.25, 0.3) is 5.56 Å². The predicted octanol–water partition coefficient (Wildman–Crippen LogP) is 0.990. The van der Waals surface area contributed by atoms with Crippen LogP contribution >= 0.6 is 0 Å². The summed E-state index contributed by atoms with van der Waals surface area (Å²) in [7, 11) is 1.62. The smallest absolute Gasteiger partial charge is 0.337 e. The fourth-order valence-electron chi connectivity index (χ4n) is 1.56. The van der Waals surface area contributed by atoms with Crippen molar-refractivity contribution >= 4 is 5.97 Å². The Labute approximate surface area is 111 Å². The van der Waals surface area contributed by atoms with E-state index in [9.17, 15) is 9.59 Å². The quantitative estimate of drug-likeness (QED) is 0.676. The van der Waals surface area contributed by atoms with Crippen molar-refractivity contribution in [2.75, 3.05) is 26.9 Å². The number of hydrogen-bond donors (Lipinski definition) is 1. The SMILES string of the molecule is COCCOCCCCn1cc(C(=O)O)ccc1=O. The van der Waals surface area contributed by atoms with Crippen LogP contribution in [-0.4, -0.2) is 42.6 Å². The molecule has 106 valence electrons. The molecule has 1 aromatic rings. The molecule has 0 amide bonds. The van der Waals surface area contributed by atoms with Gasteiger partial charge >= 0.3 is 5.97 Å². The van der Waals surface area contributed by atoms with Crippen LogP contribution in [0.3, 0.4) is 0 Å². The Balaban J connectivity index is 2.34. The number of methoxy groups -OCH3 is 1. The zero-order chi connectivity index (χ0) is 14.1. The van der Waals surface area contributed by atoms with E-state index < -0.39 is 5.97 Å². The van der Waals surface area contributed by atoms with Gasteiger partial charge in [0.2, 0.25) is 0 Å². The Kier molecular flexibility index (Phi) is 6.84. The number of rotatable bonds is 9. The minimum Gasteiger partial charge on any atom is -0.478 e. The molecule has 1 N–H and O–H groups in total. The normalized spacial score (nSPS) is 10.6. The van der Waals surface area contributed by atoms with Gasteiger partial charge in [0.05, 0.1) is 18.8 Å². The predicted molar refractivity (Wildman–Crippen MR) is 69.6 cm³/mol. The second-order valence-corrected chi connectivity index (χ2v) is 4.07. The van der Waals surface area contributed by atoms with Crippen molar-refractivity contribution in [1.29, 1.82) is 0 Å². The van der Waals surface area contributed by atoms with Crippen molar-refractivity contribution in [2.45, 2.75) is 19.4 Å². The van der Waals surface area contributed by atoms with Crippen molar-refractivity contribution in [3.8, 4) is 0 Å². The average molecular weight is 269 g/mol. The Morgan fingerprint density at radius 1 is 1.26 bits per heavy atom. The van der Waals surface area contributed by atoms with Gasteiger partial charge in [-0.05, 0) is 18.9 Å². The highest BCUT2D eigenvalue weighted by Gasteiger charge is 2.04. The van der Waals surface area contributed by atoms with Gasteiger partial charge < -0.3 is 19.1 Å². The van der Waals surface area contributed by atoms with E-state index in [1.807, 2.05) is 0 Å². The summed E-state index contributed by atoms with van der Waals surface area (Å²) < 4.78 is 11.6. The Morgan fingerprint density at radius 3 is 2.74 bits per heavy atom. The first-order valence-electron chi connectivity index (χ1n) is 6.15. The Morgan fingerprint density at radius 2 is 2.05 bits per heavy atom. The molecular weight excluding hydrogens is 250 g/mol. The van der Waals surface area contributed by atoms with Crippen LogP contribution < -0.4 is 5.56 Å². The van der Waals surface area contributed by atoms with Crippen molar-refractivity contribution in [3.05, 3.63) is 34.2 Å². The van der Waals surface area contributed by atoms with E-state index in [0.717, 1.165) is 12.8 Å². The zero-order valence-corrected chi connectivity index (χ0v) is 11.0. The lowest BCUT2D eigenvalue weighted by Crippen LogP contribution is -2.20. The molecule has 0 saturated heterocycles. The molecule has 0 aliphatic heterocycles. The monoisotopic (exact) mass is 269 g/mol. The molecule has 1 heterocycles. The zero-order valence-electron chi connectivity index (χ0n) is 11.0. The molecule has 0 radical (unpaired) electrons. The van der Waals surface area contributed by atoms with Gasteiger partial charge in [0.15, 0.2) is 0 Å². The molecule has 6 nitrogen and oxygen atoms in total. The number of aryl methyl sites for hydroxylation is 1. The lowest BCUT2D eigenvalue weighted by molar-refractivity contribution is 0.0682. The number of carboxylic acid groups (broad SMARTS) is 1. The van der Waals surface area contributed by atoms with Crippen molar-refractivity contribution in [2.24, 2.45) is 0 Å². The number of aromatic carboxylic acids is 1. The van der Waals surface area contributed by atoms with Crippen LogP contribution in [0.1, 0.15) is 23.2 Å². The highest BCUT2D eigenvalue weighted by Crippen LogP contribution is 1.99. The summed E-state index contributed by atoms with van der Waals surface area (Å²) in [5.74, 6) is -1.03. The van der Waals surface area contributed by atoms with E-state index in [1.165, 1.54) is 22.9 Å². The maximum atomic E-state index is 11.5. The van der Waals surface area contributed by atoms with Gasteiger partial charge in [-0.3, -0.25) is 4.79 Å². The maximum absolute atomic E-state index is 11.5. The second-order valence-electron chi connectivity index (χ2n) is 4.07. The fourth-order valence-corrected chi connectivity index (χ4v) is 1.56. The third-order valence-corrected chi connectivity index (χ3v) is 2.60. The molecule has 0 aliphatic carbocycles. The third-order valence-electron chi connectivity index (χ3n) is 2.60. The van der Waals surface area contributed by atoms with E-state index in [0.29, 0.717) is 26.4 Å². The topological polar surface area (TPSA) is 77.8 Å². The molecule has 1 aromatic heterocycles. The molecule has 0 fully saturated rings. The number of pyridine rings is 1. The van der Waals surface area contributed by atoms with Gasteiger partial charge in [-0.2, -0.15) is 0 Å². The number of hydrogen-bond acceptors (Lipinski definition) is 4. The molecule has 0 aliphatic rings. The molecule has 0 unspecified atom stereocenters. The van der Waals surface area contributed by atoms with E-state index in [2.05, 4.69) is 0 Å². The summed E-state index contributed by atoms with van der Waals surface area (Å²) in [6.07, 6.45) is 2.94. The molecule has 19 heavy (non-hydrogen) atoms. The van der Waals surface area contributed by atoms with E-state index >= 15 is 0 Å². The number of aromatic nitrogens is 1. The molecule has 0 aromatic carbocycles. The molecular formula is C13H19NO5. The number of carbonyl (C=O) groups is 1. The van der Waals surface area contributed by atoms with Crippen molar-refractivity contribution in [1.82, 2.24) is 4.57 Å². The summed E-state index contributed by atoms with van der Waals surface area (Å²) in [6, 6.07) is 2.59. The summed E-state index contributed by atoms with van der Waals surface area (Å²) >= 11 is 0. The van der Waals surface area contributed by atoms with Crippen LogP contribution in [0.25, 0.3) is 0 Å². The standard InChI is InChI=1S/C13H19NO5/c1-18-8-9-19-7-3-2-6-14-10-11(13(16)17)4-5-12(14)15/h4-5,10H,2-3,6-9H2,1H3,(H,16,17). The molecule has 6 heteroatoms. The molecule has 0 bridgehead atoms. The fraction of sp³-hybridized carbons (Fsp3) is 0.538. The lowest BCUT2D eigenvalue weighted by atomic mass is 10.2. The highest BCUT2D eigenvalue weighted by atomic mass is 16.5. The third kappa shape index (κ3) is 5.67. The van der Waals surface area contributed by atoms with Crippen molar-refractivity contribution in [3.63, 3.8) is 0 Å².